The van der Waals surface area contributed by atoms with Gasteiger partial charge in [0.25, 0.3) is 0 Å². The Bertz CT molecular complexity index is 558. The summed E-state index contributed by atoms with van der Waals surface area (Å²) in [6.07, 6.45) is 4.58. The average molecular weight is 287 g/mol. The van der Waals surface area contributed by atoms with E-state index in [4.69, 9.17) is 0 Å². The number of anilines is 1. The number of thiazole rings is 1. The van der Waals surface area contributed by atoms with Gasteiger partial charge in [-0.2, -0.15) is 0 Å². The summed E-state index contributed by atoms with van der Waals surface area (Å²) in [6.45, 7) is 6.26. The molecule has 1 aromatic heterocycles. The van der Waals surface area contributed by atoms with E-state index in [0.29, 0.717) is 0 Å². The molecule has 106 valence electrons. The van der Waals surface area contributed by atoms with E-state index in [0.717, 1.165) is 13.1 Å². The van der Waals surface area contributed by atoms with Gasteiger partial charge < -0.3 is 10.2 Å². The molecule has 1 aliphatic heterocycles. The van der Waals surface area contributed by atoms with Crippen molar-refractivity contribution in [2.75, 3.05) is 18.0 Å². The number of hydrogen-bond acceptors (Lipinski definition) is 4. The minimum Gasteiger partial charge on any atom is -0.371 e. The lowest BCUT2D eigenvalue weighted by molar-refractivity contribution is 0.688. The largest absolute Gasteiger partial charge is 0.371 e. The van der Waals surface area contributed by atoms with Crippen LogP contribution in [-0.2, 0) is 13.1 Å². The highest BCUT2D eigenvalue weighted by atomic mass is 32.1. The maximum Gasteiger partial charge on any atom is 0.107 e. The standard InChI is InChI=1S/C16H21N3S/c1-13-10-18-16(20-13)12-17-11-14-6-2-3-7-15(14)19-8-4-5-9-19/h2-3,6-7,10,17H,4-5,8-9,11-12H2,1H3. The van der Waals surface area contributed by atoms with Crippen molar-refractivity contribution in [3.05, 3.63) is 45.9 Å². The molecule has 0 atom stereocenters. The minimum atomic E-state index is 0.854. The van der Waals surface area contributed by atoms with E-state index in [-0.39, 0.29) is 0 Å². The molecular weight excluding hydrogens is 266 g/mol. The van der Waals surface area contributed by atoms with Gasteiger partial charge in [0.15, 0.2) is 0 Å². The molecule has 4 heteroatoms. The van der Waals surface area contributed by atoms with Gasteiger partial charge in [0.05, 0.1) is 0 Å². The molecule has 1 saturated heterocycles. The molecule has 0 saturated carbocycles. The molecule has 0 radical (unpaired) electrons. The molecule has 3 nitrogen and oxygen atoms in total. The Morgan fingerprint density at radius 1 is 1.20 bits per heavy atom. The van der Waals surface area contributed by atoms with Crippen LogP contribution in [-0.4, -0.2) is 18.1 Å². The second kappa shape index (κ2) is 6.37. The van der Waals surface area contributed by atoms with Crippen LogP contribution in [0.1, 0.15) is 28.3 Å². The first-order valence-corrected chi connectivity index (χ1v) is 8.09. The topological polar surface area (TPSA) is 28.2 Å². The summed E-state index contributed by atoms with van der Waals surface area (Å²) < 4.78 is 0. The zero-order chi connectivity index (χ0) is 13.8. The van der Waals surface area contributed by atoms with E-state index in [1.54, 1.807) is 11.3 Å². The van der Waals surface area contributed by atoms with Crippen molar-refractivity contribution >= 4 is 17.0 Å². The second-order valence-corrected chi connectivity index (χ2v) is 6.61. The molecule has 0 amide bonds. The van der Waals surface area contributed by atoms with E-state index in [2.05, 4.69) is 46.4 Å². The fraction of sp³-hybridized carbons (Fsp3) is 0.438. The number of nitrogens with zero attached hydrogens (tertiary/aromatic N) is 2. The Morgan fingerprint density at radius 3 is 2.75 bits per heavy atom. The van der Waals surface area contributed by atoms with Gasteiger partial charge in [-0.3, -0.25) is 0 Å². The van der Waals surface area contributed by atoms with E-state index in [1.807, 2.05) is 6.20 Å². The Labute approximate surface area is 124 Å². The number of hydrogen-bond donors (Lipinski definition) is 1. The Hall–Kier alpha value is -1.39. The highest BCUT2D eigenvalue weighted by Crippen LogP contribution is 2.24. The third kappa shape index (κ3) is 3.19. The van der Waals surface area contributed by atoms with Crippen molar-refractivity contribution in [2.24, 2.45) is 0 Å². The summed E-state index contributed by atoms with van der Waals surface area (Å²) in [4.78, 5) is 8.17. The van der Waals surface area contributed by atoms with E-state index >= 15 is 0 Å². The SMILES string of the molecule is Cc1cnc(CNCc2ccccc2N2CCCC2)s1. The van der Waals surface area contributed by atoms with Gasteiger partial charge in [-0.05, 0) is 31.4 Å². The maximum atomic E-state index is 4.39. The van der Waals surface area contributed by atoms with Crippen molar-refractivity contribution in [2.45, 2.75) is 32.9 Å². The first kappa shape index (κ1) is 13.6. The van der Waals surface area contributed by atoms with Gasteiger partial charge in [-0.15, -0.1) is 11.3 Å². The number of aromatic nitrogens is 1. The summed E-state index contributed by atoms with van der Waals surface area (Å²) in [5.74, 6) is 0. The van der Waals surface area contributed by atoms with Gasteiger partial charge in [-0.1, -0.05) is 18.2 Å². The summed E-state index contributed by atoms with van der Waals surface area (Å²) in [7, 11) is 0. The predicted octanol–water partition coefficient (Wildman–Crippen LogP) is 3.34. The third-order valence-corrected chi connectivity index (χ3v) is 4.61. The number of para-hydroxylation sites is 1. The normalized spacial score (nSPS) is 14.9. The van der Waals surface area contributed by atoms with E-state index < -0.39 is 0 Å². The van der Waals surface area contributed by atoms with Crippen LogP contribution in [0.5, 0.6) is 0 Å². The number of rotatable bonds is 5. The van der Waals surface area contributed by atoms with Gasteiger partial charge in [0.1, 0.15) is 5.01 Å². The van der Waals surface area contributed by atoms with E-state index in [9.17, 15) is 0 Å². The quantitative estimate of drug-likeness (QED) is 0.914. The molecule has 1 aliphatic rings. The predicted molar refractivity (Wildman–Crippen MR) is 85.3 cm³/mol. The molecule has 1 fully saturated rings. The fourth-order valence-corrected chi connectivity index (χ4v) is 3.47. The van der Waals surface area contributed by atoms with Crippen LogP contribution in [0.4, 0.5) is 5.69 Å². The van der Waals surface area contributed by atoms with Crippen LogP contribution < -0.4 is 10.2 Å². The van der Waals surface area contributed by atoms with Crippen LogP contribution in [0.3, 0.4) is 0 Å². The van der Waals surface area contributed by atoms with Crippen molar-refractivity contribution < 1.29 is 0 Å². The van der Waals surface area contributed by atoms with Crippen molar-refractivity contribution in [3.8, 4) is 0 Å². The molecular formula is C16H21N3S. The monoisotopic (exact) mass is 287 g/mol. The smallest absolute Gasteiger partial charge is 0.107 e. The van der Waals surface area contributed by atoms with Gasteiger partial charge in [0.2, 0.25) is 0 Å². The number of nitrogens with one attached hydrogen (secondary N) is 1. The van der Waals surface area contributed by atoms with Gasteiger partial charge in [-0.25, -0.2) is 4.98 Å². The van der Waals surface area contributed by atoms with Crippen LogP contribution in [0, 0.1) is 6.92 Å². The molecule has 1 N–H and O–H groups in total. The summed E-state index contributed by atoms with van der Waals surface area (Å²) in [5, 5.41) is 4.68. The summed E-state index contributed by atoms with van der Waals surface area (Å²) in [5.41, 5.74) is 2.79. The highest BCUT2D eigenvalue weighted by Gasteiger charge is 2.14. The van der Waals surface area contributed by atoms with Gasteiger partial charge in [0, 0.05) is 42.9 Å². The van der Waals surface area contributed by atoms with Crippen LogP contribution in [0.2, 0.25) is 0 Å². The molecule has 0 aliphatic carbocycles. The molecule has 2 heterocycles. The molecule has 2 aromatic rings. The molecule has 0 spiro atoms. The van der Waals surface area contributed by atoms with E-state index in [1.165, 1.54) is 47.1 Å². The van der Waals surface area contributed by atoms with Crippen molar-refractivity contribution in [3.63, 3.8) is 0 Å². The average Bonchev–Trinajstić information content (AvgIpc) is 3.11. The first-order chi connectivity index (χ1) is 9.83. The zero-order valence-electron chi connectivity index (χ0n) is 11.9. The lowest BCUT2D eigenvalue weighted by atomic mass is 10.1. The summed E-state index contributed by atoms with van der Waals surface area (Å²) in [6, 6.07) is 8.75. The Morgan fingerprint density at radius 2 is 2.00 bits per heavy atom. The Kier molecular flexibility index (Phi) is 4.33. The van der Waals surface area contributed by atoms with Crippen molar-refractivity contribution in [1.82, 2.24) is 10.3 Å². The molecule has 1 aromatic carbocycles. The van der Waals surface area contributed by atoms with Gasteiger partial charge >= 0.3 is 0 Å². The Balaban J connectivity index is 1.62. The summed E-state index contributed by atoms with van der Waals surface area (Å²) >= 11 is 1.77. The first-order valence-electron chi connectivity index (χ1n) is 7.28. The molecule has 0 bridgehead atoms. The molecule has 0 unspecified atom stereocenters. The van der Waals surface area contributed by atoms with Crippen molar-refractivity contribution in [1.29, 1.82) is 0 Å². The lowest BCUT2D eigenvalue weighted by Gasteiger charge is -2.21. The lowest BCUT2D eigenvalue weighted by Crippen LogP contribution is -2.21. The number of benzene rings is 1. The zero-order valence-corrected chi connectivity index (χ0v) is 12.7. The molecule has 20 heavy (non-hydrogen) atoms. The third-order valence-electron chi connectivity index (χ3n) is 3.70. The highest BCUT2D eigenvalue weighted by molar-refractivity contribution is 7.11. The van der Waals surface area contributed by atoms with Crippen LogP contribution in [0.25, 0.3) is 0 Å². The fourth-order valence-electron chi connectivity index (χ4n) is 2.71. The van der Waals surface area contributed by atoms with Crippen LogP contribution in [0.15, 0.2) is 30.5 Å². The minimum absolute atomic E-state index is 0.854. The second-order valence-electron chi connectivity index (χ2n) is 5.29. The van der Waals surface area contributed by atoms with Crippen LogP contribution >= 0.6 is 11.3 Å². The molecule has 3 rings (SSSR count). The number of aryl methyl sites for hydroxylation is 1. The maximum absolute atomic E-state index is 4.39.